The van der Waals surface area contributed by atoms with Crippen LogP contribution in [0.1, 0.15) is 17.5 Å². The van der Waals surface area contributed by atoms with Crippen LogP contribution in [0.25, 0.3) is 0 Å². The molecule has 27 heavy (non-hydrogen) atoms. The number of carbonyl (C=O) groups excluding carboxylic acids is 2. The van der Waals surface area contributed by atoms with Crippen molar-refractivity contribution >= 4 is 34.8 Å². The Hall–Kier alpha value is -2.54. The summed E-state index contributed by atoms with van der Waals surface area (Å²) in [5.41, 5.74) is 0.581. The van der Waals surface area contributed by atoms with Gasteiger partial charge in [0, 0.05) is 5.69 Å². The first-order valence-electron chi connectivity index (χ1n) is 8.20. The van der Waals surface area contributed by atoms with Crippen molar-refractivity contribution in [1.29, 1.82) is 0 Å². The van der Waals surface area contributed by atoms with Crippen LogP contribution >= 0.6 is 11.6 Å². The maximum Gasteiger partial charge on any atom is 0.416 e. The predicted octanol–water partition coefficient (Wildman–Crippen LogP) is 4.88. The summed E-state index contributed by atoms with van der Waals surface area (Å²) in [7, 11) is 0. The molecular weight excluding hydrogens is 381 g/mol. The molecule has 2 aromatic carbocycles. The Bertz CT molecular complexity index is 899. The SMILES string of the molecule is Cc1cccc(NC(=O)C2CC2C(=O)Nc2cc(C(F)(F)F)ccc2Cl)c1. The quantitative estimate of drug-likeness (QED) is 0.773. The zero-order valence-electron chi connectivity index (χ0n) is 14.2. The van der Waals surface area contributed by atoms with Crippen molar-refractivity contribution in [3.8, 4) is 0 Å². The third-order valence-corrected chi connectivity index (χ3v) is 4.63. The van der Waals surface area contributed by atoms with Crippen molar-refractivity contribution in [2.24, 2.45) is 11.8 Å². The Morgan fingerprint density at radius 3 is 2.33 bits per heavy atom. The smallest absolute Gasteiger partial charge is 0.326 e. The van der Waals surface area contributed by atoms with Gasteiger partial charge in [-0.25, -0.2) is 0 Å². The molecule has 0 saturated heterocycles. The molecule has 4 nitrogen and oxygen atoms in total. The van der Waals surface area contributed by atoms with Crippen molar-refractivity contribution in [2.45, 2.75) is 19.5 Å². The van der Waals surface area contributed by atoms with Gasteiger partial charge in [-0.1, -0.05) is 23.7 Å². The molecule has 0 heterocycles. The molecule has 2 N–H and O–H groups in total. The van der Waals surface area contributed by atoms with E-state index in [-0.39, 0.29) is 16.6 Å². The lowest BCUT2D eigenvalue weighted by Crippen LogP contribution is -2.21. The number of alkyl halides is 3. The molecule has 0 aliphatic heterocycles. The Morgan fingerprint density at radius 1 is 1.04 bits per heavy atom. The normalized spacial score (nSPS) is 18.7. The van der Waals surface area contributed by atoms with Gasteiger partial charge in [0.05, 0.1) is 28.1 Å². The van der Waals surface area contributed by atoms with Gasteiger partial charge in [0.25, 0.3) is 0 Å². The molecule has 1 fully saturated rings. The van der Waals surface area contributed by atoms with E-state index < -0.39 is 29.5 Å². The molecule has 0 radical (unpaired) electrons. The van der Waals surface area contributed by atoms with Gasteiger partial charge >= 0.3 is 6.18 Å². The van der Waals surface area contributed by atoms with Crippen LogP contribution in [0, 0.1) is 18.8 Å². The molecule has 1 aliphatic rings. The second kappa shape index (κ2) is 7.23. The highest BCUT2D eigenvalue weighted by Gasteiger charge is 2.48. The summed E-state index contributed by atoms with van der Waals surface area (Å²) in [6, 6.07) is 9.94. The molecule has 0 aromatic heterocycles. The average Bonchev–Trinajstić information content (AvgIpc) is 3.36. The van der Waals surface area contributed by atoms with E-state index in [1.807, 2.05) is 13.0 Å². The molecule has 2 atom stereocenters. The number of hydrogen-bond donors (Lipinski definition) is 2. The number of aryl methyl sites for hydroxylation is 1. The number of anilines is 2. The highest BCUT2D eigenvalue weighted by Crippen LogP contribution is 2.41. The maximum absolute atomic E-state index is 12.8. The Balaban J connectivity index is 1.63. The summed E-state index contributed by atoms with van der Waals surface area (Å²) < 4.78 is 38.4. The van der Waals surface area contributed by atoms with E-state index in [0.717, 1.165) is 23.8 Å². The number of hydrogen-bond acceptors (Lipinski definition) is 2. The fraction of sp³-hybridized carbons (Fsp3) is 0.263. The number of benzene rings is 2. The minimum atomic E-state index is -4.54. The highest BCUT2D eigenvalue weighted by atomic mass is 35.5. The van der Waals surface area contributed by atoms with Gasteiger partial charge in [0.1, 0.15) is 0 Å². The number of carbonyl (C=O) groups is 2. The zero-order chi connectivity index (χ0) is 19.8. The second-order valence-electron chi connectivity index (χ2n) is 6.49. The van der Waals surface area contributed by atoms with Gasteiger partial charge in [-0.05, 0) is 49.2 Å². The Kier molecular flexibility index (Phi) is 5.15. The van der Waals surface area contributed by atoms with Gasteiger partial charge in [0.2, 0.25) is 11.8 Å². The summed E-state index contributed by atoms with van der Waals surface area (Å²) in [6.07, 6.45) is -4.21. The van der Waals surface area contributed by atoms with Crippen molar-refractivity contribution in [3.63, 3.8) is 0 Å². The van der Waals surface area contributed by atoms with Crippen molar-refractivity contribution in [3.05, 3.63) is 58.6 Å². The van der Waals surface area contributed by atoms with Crippen molar-refractivity contribution < 1.29 is 22.8 Å². The summed E-state index contributed by atoms with van der Waals surface area (Å²) >= 11 is 5.88. The van der Waals surface area contributed by atoms with Crippen LogP contribution in [-0.2, 0) is 15.8 Å². The van der Waals surface area contributed by atoms with E-state index in [2.05, 4.69) is 10.6 Å². The van der Waals surface area contributed by atoms with Gasteiger partial charge < -0.3 is 10.6 Å². The lowest BCUT2D eigenvalue weighted by atomic mass is 10.2. The number of rotatable bonds is 4. The number of halogens is 4. The second-order valence-corrected chi connectivity index (χ2v) is 6.90. The average molecular weight is 397 g/mol. The third kappa shape index (κ3) is 4.60. The molecule has 1 saturated carbocycles. The first-order chi connectivity index (χ1) is 12.6. The monoisotopic (exact) mass is 396 g/mol. The Labute approximate surface area is 158 Å². The first kappa shape index (κ1) is 19.2. The summed E-state index contributed by atoms with van der Waals surface area (Å²) in [6.45, 7) is 1.89. The molecule has 3 rings (SSSR count). The minimum Gasteiger partial charge on any atom is -0.326 e. The molecule has 142 valence electrons. The molecule has 2 amide bonds. The fourth-order valence-corrected chi connectivity index (χ4v) is 2.92. The maximum atomic E-state index is 12.8. The number of amides is 2. The molecule has 8 heteroatoms. The molecular formula is C19H16ClF3N2O2. The van der Waals surface area contributed by atoms with Crippen LogP contribution in [0.3, 0.4) is 0 Å². The van der Waals surface area contributed by atoms with Gasteiger partial charge in [-0.3, -0.25) is 9.59 Å². The minimum absolute atomic E-state index is 0.00207. The lowest BCUT2D eigenvalue weighted by molar-refractivity contribution is -0.137. The molecule has 2 aromatic rings. The van der Waals surface area contributed by atoms with E-state index >= 15 is 0 Å². The van der Waals surface area contributed by atoms with Crippen LogP contribution in [-0.4, -0.2) is 11.8 Å². The van der Waals surface area contributed by atoms with Crippen molar-refractivity contribution in [1.82, 2.24) is 0 Å². The van der Waals surface area contributed by atoms with E-state index in [0.29, 0.717) is 12.1 Å². The summed E-state index contributed by atoms with van der Waals surface area (Å²) in [5.74, 6) is -1.94. The van der Waals surface area contributed by atoms with Crippen LogP contribution < -0.4 is 10.6 Å². The third-order valence-electron chi connectivity index (χ3n) is 4.30. The van der Waals surface area contributed by atoms with Crippen LogP contribution in [0.2, 0.25) is 5.02 Å². The van der Waals surface area contributed by atoms with E-state index in [4.69, 9.17) is 11.6 Å². The highest BCUT2D eigenvalue weighted by molar-refractivity contribution is 6.33. The van der Waals surface area contributed by atoms with Crippen LogP contribution in [0.5, 0.6) is 0 Å². The van der Waals surface area contributed by atoms with Gasteiger partial charge in [-0.15, -0.1) is 0 Å². The van der Waals surface area contributed by atoms with Crippen molar-refractivity contribution in [2.75, 3.05) is 10.6 Å². The van der Waals surface area contributed by atoms with E-state index in [1.165, 1.54) is 0 Å². The van der Waals surface area contributed by atoms with Gasteiger partial charge in [0.15, 0.2) is 0 Å². The zero-order valence-corrected chi connectivity index (χ0v) is 15.0. The topological polar surface area (TPSA) is 58.2 Å². The largest absolute Gasteiger partial charge is 0.416 e. The number of nitrogens with one attached hydrogen (secondary N) is 2. The first-order valence-corrected chi connectivity index (χ1v) is 8.58. The molecule has 1 aliphatic carbocycles. The van der Waals surface area contributed by atoms with E-state index in [1.54, 1.807) is 18.2 Å². The predicted molar refractivity (Wildman–Crippen MR) is 96.5 cm³/mol. The Morgan fingerprint density at radius 2 is 1.70 bits per heavy atom. The summed E-state index contributed by atoms with van der Waals surface area (Å²) in [4.78, 5) is 24.5. The van der Waals surface area contributed by atoms with Crippen LogP contribution in [0.4, 0.5) is 24.5 Å². The van der Waals surface area contributed by atoms with Gasteiger partial charge in [-0.2, -0.15) is 13.2 Å². The fourth-order valence-electron chi connectivity index (χ4n) is 2.76. The van der Waals surface area contributed by atoms with Crippen LogP contribution in [0.15, 0.2) is 42.5 Å². The molecule has 0 spiro atoms. The standard InChI is InChI=1S/C19H16ClF3N2O2/c1-10-3-2-4-12(7-10)24-17(26)13-9-14(13)18(27)25-16-8-11(19(21,22)23)5-6-15(16)20/h2-8,13-14H,9H2,1H3,(H,24,26)(H,25,27). The summed E-state index contributed by atoms with van der Waals surface area (Å²) in [5, 5.41) is 5.13. The molecule has 0 bridgehead atoms. The molecule has 2 unspecified atom stereocenters. The van der Waals surface area contributed by atoms with E-state index in [9.17, 15) is 22.8 Å². The lowest BCUT2D eigenvalue weighted by Gasteiger charge is -2.11.